The van der Waals surface area contributed by atoms with Crippen molar-refractivity contribution in [3.8, 4) is 0 Å². The highest BCUT2D eigenvalue weighted by atomic mass is 32.2. The summed E-state index contributed by atoms with van der Waals surface area (Å²) in [5.41, 5.74) is 0.923. The Morgan fingerprint density at radius 2 is 1.96 bits per heavy atom. The first-order valence-corrected chi connectivity index (χ1v) is 9.73. The highest BCUT2D eigenvalue weighted by Crippen LogP contribution is 2.43. The van der Waals surface area contributed by atoms with Crippen LogP contribution in [0.4, 0.5) is 4.39 Å². The van der Waals surface area contributed by atoms with Crippen molar-refractivity contribution in [3.05, 3.63) is 35.6 Å². The van der Waals surface area contributed by atoms with Crippen LogP contribution in [0.1, 0.15) is 44.6 Å². The summed E-state index contributed by atoms with van der Waals surface area (Å²) in [4.78, 5) is 28.3. The number of rotatable bonds is 7. The monoisotopic (exact) mass is 366 g/mol. The molecule has 0 unspecified atom stereocenters. The van der Waals surface area contributed by atoms with E-state index < -0.39 is 0 Å². The Labute approximate surface area is 153 Å². The number of thioether (sulfide) groups is 1. The molecule has 2 atom stereocenters. The molecule has 25 heavy (non-hydrogen) atoms. The van der Waals surface area contributed by atoms with E-state index in [0.29, 0.717) is 25.4 Å². The smallest absolute Gasteiger partial charge is 0.237 e. The molecule has 2 rings (SSSR count). The van der Waals surface area contributed by atoms with E-state index in [0.717, 1.165) is 12.0 Å². The van der Waals surface area contributed by atoms with E-state index in [-0.39, 0.29) is 28.3 Å². The fourth-order valence-electron chi connectivity index (χ4n) is 2.86. The molecule has 1 aliphatic rings. The molecule has 0 N–H and O–H groups in total. The van der Waals surface area contributed by atoms with Gasteiger partial charge >= 0.3 is 0 Å². The summed E-state index contributed by atoms with van der Waals surface area (Å²) >= 11 is 1.61. The van der Waals surface area contributed by atoms with Crippen molar-refractivity contribution in [2.45, 2.75) is 44.2 Å². The molecule has 1 saturated heterocycles. The summed E-state index contributed by atoms with van der Waals surface area (Å²) in [7, 11) is 1.78. The maximum atomic E-state index is 13.2. The topological polar surface area (TPSA) is 40.6 Å². The highest BCUT2D eigenvalue weighted by molar-refractivity contribution is 8.01. The van der Waals surface area contributed by atoms with E-state index in [1.54, 1.807) is 35.8 Å². The van der Waals surface area contributed by atoms with Crippen LogP contribution >= 0.6 is 11.8 Å². The van der Waals surface area contributed by atoms with Gasteiger partial charge in [-0.15, -0.1) is 11.8 Å². The van der Waals surface area contributed by atoms with Gasteiger partial charge in [0.05, 0.1) is 5.25 Å². The molecule has 4 nitrogen and oxygen atoms in total. The molecule has 0 radical (unpaired) electrons. The molecule has 6 heteroatoms. The van der Waals surface area contributed by atoms with E-state index in [9.17, 15) is 14.0 Å². The first-order chi connectivity index (χ1) is 11.8. The SMILES string of the molecule is CC[C@H]1S[C@H](c2ccc(F)cc2)N(CCN(C)C(=O)CC(C)C)C1=O. The maximum absolute atomic E-state index is 13.2. The predicted molar refractivity (Wildman–Crippen MR) is 99.6 cm³/mol. The van der Waals surface area contributed by atoms with Gasteiger partial charge in [-0.2, -0.15) is 0 Å². The van der Waals surface area contributed by atoms with E-state index in [4.69, 9.17) is 0 Å². The summed E-state index contributed by atoms with van der Waals surface area (Å²) in [6.07, 6.45) is 1.28. The van der Waals surface area contributed by atoms with Crippen LogP contribution in [0.3, 0.4) is 0 Å². The molecular formula is C19H27FN2O2S. The number of hydrogen-bond acceptors (Lipinski definition) is 3. The van der Waals surface area contributed by atoms with E-state index in [1.165, 1.54) is 12.1 Å². The normalized spacial score (nSPS) is 20.4. The van der Waals surface area contributed by atoms with Crippen LogP contribution in [0, 0.1) is 11.7 Å². The summed E-state index contributed by atoms with van der Waals surface area (Å²) < 4.78 is 13.2. The molecule has 0 bridgehead atoms. The summed E-state index contributed by atoms with van der Waals surface area (Å²) in [5, 5.41) is -0.196. The van der Waals surface area contributed by atoms with Gasteiger partial charge in [0.15, 0.2) is 0 Å². The second kappa shape index (κ2) is 8.70. The van der Waals surface area contributed by atoms with Crippen molar-refractivity contribution >= 4 is 23.6 Å². The fraction of sp³-hybridized carbons (Fsp3) is 0.579. The number of amides is 2. The first-order valence-electron chi connectivity index (χ1n) is 8.78. The van der Waals surface area contributed by atoms with E-state index >= 15 is 0 Å². The lowest BCUT2D eigenvalue weighted by atomic mass is 10.1. The van der Waals surface area contributed by atoms with Crippen LogP contribution in [0.5, 0.6) is 0 Å². The molecule has 1 aliphatic heterocycles. The quantitative estimate of drug-likeness (QED) is 0.739. The number of carbonyl (C=O) groups is 2. The second-order valence-electron chi connectivity index (χ2n) is 6.88. The zero-order valence-electron chi connectivity index (χ0n) is 15.4. The van der Waals surface area contributed by atoms with Gasteiger partial charge in [-0.3, -0.25) is 9.59 Å². The predicted octanol–water partition coefficient (Wildman–Crippen LogP) is 3.68. The Balaban J connectivity index is 2.07. The summed E-state index contributed by atoms with van der Waals surface area (Å²) in [6.45, 7) is 7.03. The lowest BCUT2D eigenvalue weighted by molar-refractivity contribution is -0.134. The van der Waals surface area contributed by atoms with E-state index in [1.807, 2.05) is 25.7 Å². The number of halogens is 1. The molecule has 1 aromatic carbocycles. The Kier molecular flexibility index (Phi) is 6.87. The standard InChI is InChI=1S/C19H27FN2O2S/c1-5-16-18(24)22(11-10-21(4)17(23)12-13(2)3)19(25-16)14-6-8-15(20)9-7-14/h6-9,13,16,19H,5,10-12H2,1-4H3/t16-,19-/m1/s1. The fourth-order valence-corrected chi connectivity index (χ4v) is 4.29. The number of likely N-dealkylation sites (N-methyl/N-ethyl adjacent to an activating group) is 1. The average molecular weight is 367 g/mol. The van der Waals surface area contributed by atoms with Gasteiger partial charge in [0, 0.05) is 26.6 Å². The van der Waals surface area contributed by atoms with Crippen LogP contribution in [-0.4, -0.2) is 47.0 Å². The Morgan fingerprint density at radius 3 is 2.52 bits per heavy atom. The largest absolute Gasteiger partial charge is 0.344 e. The molecule has 0 saturated carbocycles. The third-order valence-corrected chi connectivity index (χ3v) is 5.99. The highest BCUT2D eigenvalue weighted by Gasteiger charge is 2.39. The van der Waals surface area contributed by atoms with Crippen molar-refractivity contribution in [2.24, 2.45) is 5.92 Å². The van der Waals surface area contributed by atoms with Gasteiger partial charge in [-0.05, 0) is 30.0 Å². The van der Waals surface area contributed by atoms with Gasteiger partial charge in [0.25, 0.3) is 0 Å². The van der Waals surface area contributed by atoms with Crippen LogP contribution in [0.2, 0.25) is 0 Å². The maximum Gasteiger partial charge on any atom is 0.237 e. The molecule has 138 valence electrons. The average Bonchev–Trinajstić information content (AvgIpc) is 2.88. The lowest BCUT2D eigenvalue weighted by Gasteiger charge is -2.27. The van der Waals surface area contributed by atoms with Gasteiger partial charge in [-0.1, -0.05) is 32.9 Å². The molecular weight excluding hydrogens is 339 g/mol. The minimum atomic E-state index is -0.282. The van der Waals surface area contributed by atoms with Crippen molar-refractivity contribution < 1.29 is 14.0 Å². The number of carbonyl (C=O) groups excluding carboxylic acids is 2. The molecule has 0 spiro atoms. The number of nitrogens with zero attached hydrogens (tertiary/aromatic N) is 2. The Morgan fingerprint density at radius 1 is 1.32 bits per heavy atom. The first kappa shape index (κ1) is 19.8. The molecule has 0 aliphatic carbocycles. The molecule has 0 aromatic heterocycles. The van der Waals surface area contributed by atoms with Crippen molar-refractivity contribution in [3.63, 3.8) is 0 Å². The van der Waals surface area contributed by atoms with Crippen LogP contribution in [0.15, 0.2) is 24.3 Å². The van der Waals surface area contributed by atoms with Crippen LogP contribution < -0.4 is 0 Å². The van der Waals surface area contributed by atoms with Gasteiger partial charge in [-0.25, -0.2) is 4.39 Å². The van der Waals surface area contributed by atoms with Crippen molar-refractivity contribution in [2.75, 3.05) is 20.1 Å². The van der Waals surface area contributed by atoms with Gasteiger partial charge in [0.2, 0.25) is 11.8 Å². The minimum Gasteiger partial charge on any atom is -0.344 e. The minimum absolute atomic E-state index is 0.0771. The third-order valence-electron chi connectivity index (χ3n) is 4.35. The molecule has 1 heterocycles. The number of benzene rings is 1. The van der Waals surface area contributed by atoms with Crippen molar-refractivity contribution in [1.82, 2.24) is 9.80 Å². The number of hydrogen-bond donors (Lipinski definition) is 0. The molecule has 1 fully saturated rings. The Bertz CT molecular complexity index is 606. The summed E-state index contributed by atoms with van der Waals surface area (Å²) in [5.74, 6) is 0.234. The molecule has 2 amide bonds. The summed E-state index contributed by atoms with van der Waals surface area (Å²) in [6, 6.07) is 6.32. The lowest BCUT2D eigenvalue weighted by Crippen LogP contribution is -2.39. The van der Waals surface area contributed by atoms with Gasteiger partial charge in [0.1, 0.15) is 11.2 Å². The Hall–Kier alpha value is -1.56. The van der Waals surface area contributed by atoms with Gasteiger partial charge < -0.3 is 9.80 Å². The third kappa shape index (κ3) is 4.97. The van der Waals surface area contributed by atoms with Crippen LogP contribution in [-0.2, 0) is 9.59 Å². The van der Waals surface area contributed by atoms with Crippen molar-refractivity contribution in [1.29, 1.82) is 0 Å². The zero-order valence-corrected chi connectivity index (χ0v) is 16.2. The molecule has 1 aromatic rings. The zero-order chi connectivity index (χ0) is 18.6. The van der Waals surface area contributed by atoms with E-state index in [2.05, 4.69) is 0 Å². The van der Waals surface area contributed by atoms with Crippen LogP contribution in [0.25, 0.3) is 0 Å². The second-order valence-corrected chi connectivity index (χ2v) is 8.17.